The second-order valence-corrected chi connectivity index (χ2v) is 9.79. The van der Waals surface area contributed by atoms with E-state index in [1.165, 1.54) is 23.0 Å². The number of hydrogen-bond acceptors (Lipinski definition) is 7. The van der Waals surface area contributed by atoms with Gasteiger partial charge in [-0.15, -0.1) is 0 Å². The van der Waals surface area contributed by atoms with E-state index in [1.807, 2.05) is 31.2 Å². The number of aromatic hydroxyl groups is 1. The SMILES string of the molecule is CCOC(=O)C1=C(C)N=c2sc(=Cc3ccc(O)c(OCC)c3)c(=O)n2C1c1ccc(C(C)C)cc1. The van der Waals surface area contributed by atoms with Crippen LogP contribution in [0.2, 0.25) is 0 Å². The van der Waals surface area contributed by atoms with Gasteiger partial charge in [-0.05, 0) is 61.6 Å². The zero-order valence-electron chi connectivity index (χ0n) is 21.1. The van der Waals surface area contributed by atoms with Crippen LogP contribution >= 0.6 is 11.3 Å². The fraction of sp³-hybridized carbons (Fsp3) is 0.321. The number of hydrogen-bond donors (Lipinski definition) is 1. The first-order chi connectivity index (χ1) is 17.2. The van der Waals surface area contributed by atoms with Crippen molar-refractivity contribution >= 4 is 23.4 Å². The highest BCUT2D eigenvalue weighted by Crippen LogP contribution is 2.32. The Balaban J connectivity index is 1.90. The predicted molar refractivity (Wildman–Crippen MR) is 140 cm³/mol. The van der Waals surface area contributed by atoms with Gasteiger partial charge in [0, 0.05) is 0 Å². The van der Waals surface area contributed by atoms with Crippen molar-refractivity contribution in [1.82, 2.24) is 4.57 Å². The Labute approximate surface area is 213 Å². The highest BCUT2D eigenvalue weighted by Gasteiger charge is 2.33. The smallest absolute Gasteiger partial charge is 0.338 e. The van der Waals surface area contributed by atoms with Crippen LogP contribution in [0.3, 0.4) is 0 Å². The van der Waals surface area contributed by atoms with Crippen molar-refractivity contribution in [3.63, 3.8) is 0 Å². The number of phenolic OH excluding ortho intramolecular Hbond substituents is 1. The van der Waals surface area contributed by atoms with Crippen molar-refractivity contribution in [2.24, 2.45) is 4.99 Å². The van der Waals surface area contributed by atoms with Crippen LogP contribution in [0.1, 0.15) is 63.3 Å². The Hall–Kier alpha value is -3.65. The first kappa shape index (κ1) is 25.4. The summed E-state index contributed by atoms with van der Waals surface area (Å²) in [5, 5.41) is 10.0. The number of phenols is 1. The summed E-state index contributed by atoms with van der Waals surface area (Å²) in [5.74, 6) is 0.262. The molecule has 7 nitrogen and oxygen atoms in total. The number of carbonyl (C=O) groups excluding carboxylic acids is 1. The molecule has 0 fully saturated rings. The first-order valence-electron chi connectivity index (χ1n) is 12.0. The minimum Gasteiger partial charge on any atom is -0.504 e. The van der Waals surface area contributed by atoms with Crippen molar-refractivity contribution in [3.8, 4) is 11.5 Å². The summed E-state index contributed by atoms with van der Waals surface area (Å²) in [5.41, 5.74) is 3.33. The summed E-state index contributed by atoms with van der Waals surface area (Å²) < 4.78 is 12.9. The Kier molecular flexibility index (Phi) is 7.45. The molecule has 1 aliphatic rings. The number of esters is 1. The van der Waals surface area contributed by atoms with Gasteiger partial charge in [0.1, 0.15) is 0 Å². The fourth-order valence-corrected chi connectivity index (χ4v) is 5.26. The molecule has 0 saturated carbocycles. The molecule has 4 rings (SSSR count). The lowest BCUT2D eigenvalue weighted by Crippen LogP contribution is -2.39. The molecule has 1 N–H and O–H groups in total. The summed E-state index contributed by atoms with van der Waals surface area (Å²) in [7, 11) is 0. The normalized spacial score (nSPS) is 15.6. The van der Waals surface area contributed by atoms with E-state index in [0.29, 0.717) is 44.4 Å². The van der Waals surface area contributed by atoms with Crippen molar-refractivity contribution < 1.29 is 19.4 Å². The first-order valence-corrected chi connectivity index (χ1v) is 12.8. The number of nitrogens with zero attached hydrogens (tertiary/aromatic N) is 2. The molecular formula is C28H30N2O5S. The Morgan fingerprint density at radius 2 is 1.89 bits per heavy atom. The van der Waals surface area contributed by atoms with E-state index in [-0.39, 0.29) is 17.9 Å². The summed E-state index contributed by atoms with van der Waals surface area (Å²) in [4.78, 5) is 31.9. The average Bonchev–Trinajstić information content (AvgIpc) is 3.15. The zero-order valence-corrected chi connectivity index (χ0v) is 21.9. The molecule has 1 aromatic heterocycles. The number of rotatable bonds is 7. The van der Waals surface area contributed by atoms with Gasteiger partial charge < -0.3 is 14.6 Å². The molecule has 36 heavy (non-hydrogen) atoms. The third kappa shape index (κ3) is 4.86. The summed E-state index contributed by atoms with van der Waals surface area (Å²) in [6.45, 7) is 10.2. The van der Waals surface area contributed by atoms with Gasteiger partial charge in [0.2, 0.25) is 0 Å². The molecule has 3 aromatic rings. The lowest BCUT2D eigenvalue weighted by molar-refractivity contribution is -0.139. The van der Waals surface area contributed by atoms with Crippen LogP contribution in [0.15, 0.2) is 63.5 Å². The third-order valence-electron chi connectivity index (χ3n) is 6.02. The van der Waals surface area contributed by atoms with Crippen LogP contribution < -0.4 is 19.6 Å². The van der Waals surface area contributed by atoms with Gasteiger partial charge in [-0.2, -0.15) is 0 Å². The molecule has 1 atom stereocenters. The van der Waals surface area contributed by atoms with Crippen molar-refractivity contribution in [2.75, 3.05) is 13.2 Å². The fourth-order valence-electron chi connectivity index (χ4n) is 4.21. The van der Waals surface area contributed by atoms with Crippen molar-refractivity contribution in [3.05, 3.63) is 90.1 Å². The number of allylic oxidation sites excluding steroid dienone is 1. The van der Waals surface area contributed by atoms with Crippen molar-refractivity contribution in [1.29, 1.82) is 0 Å². The standard InChI is InChI=1S/C28H30N2O5S/c1-6-34-22-14-18(8-13-21(22)31)15-23-26(32)30-25(20-11-9-19(10-12-20)16(3)4)24(27(33)35-7-2)17(5)29-28(30)36-23/h8-16,25,31H,6-7H2,1-5H3. The van der Waals surface area contributed by atoms with Gasteiger partial charge in [0.25, 0.3) is 5.56 Å². The number of thiazole rings is 1. The minimum atomic E-state index is -0.650. The summed E-state index contributed by atoms with van der Waals surface area (Å²) in [6, 6.07) is 12.3. The van der Waals surface area contributed by atoms with E-state index in [1.54, 1.807) is 36.6 Å². The lowest BCUT2D eigenvalue weighted by Gasteiger charge is -2.25. The molecule has 0 saturated heterocycles. The molecule has 1 unspecified atom stereocenters. The van der Waals surface area contributed by atoms with E-state index < -0.39 is 12.0 Å². The number of ether oxygens (including phenoxy) is 2. The van der Waals surface area contributed by atoms with E-state index in [9.17, 15) is 14.7 Å². The van der Waals surface area contributed by atoms with Gasteiger partial charge in [-0.1, -0.05) is 55.5 Å². The summed E-state index contributed by atoms with van der Waals surface area (Å²) in [6.07, 6.45) is 1.74. The van der Waals surface area contributed by atoms with E-state index in [0.717, 1.165) is 5.56 Å². The van der Waals surface area contributed by atoms with E-state index >= 15 is 0 Å². The molecule has 0 amide bonds. The van der Waals surface area contributed by atoms with Crippen LogP contribution in [0, 0.1) is 0 Å². The number of fused-ring (bicyclic) bond motifs is 1. The Morgan fingerprint density at radius 1 is 1.17 bits per heavy atom. The lowest BCUT2D eigenvalue weighted by atomic mass is 9.93. The molecule has 8 heteroatoms. The molecular weight excluding hydrogens is 476 g/mol. The van der Waals surface area contributed by atoms with Crippen LogP contribution in [0.25, 0.3) is 6.08 Å². The highest BCUT2D eigenvalue weighted by molar-refractivity contribution is 7.07. The van der Waals surface area contributed by atoms with Crippen LogP contribution in [0.4, 0.5) is 0 Å². The van der Waals surface area contributed by atoms with Crippen LogP contribution in [0.5, 0.6) is 11.5 Å². The number of benzene rings is 2. The molecule has 188 valence electrons. The monoisotopic (exact) mass is 506 g/mol. The largest absolute Gasteiger partial charge is 0.504 e. The Morgan fingerprint density at radius 3 is 2.53 bits per heavy atom. The zero-order chi connectivity index (χ0) is 26.0. The molecule has 1 aliphatic heterocycles. The third-order valence-corrected chi connectivity index (χ3v) is 7.00. The molecule has 0 radical (unpaired) electrons. The maximum absolute atomic E-state index is 13.7. The predicted octanol–water partition coefficient (Wildman–Crippen LogP) is 4.03. The van der Waals surface area contributed by atoms with E-state index in [2.05, 4.69) is 18.8 Å². The maximum Gasteiger partial charge on any atom is 0.338 e. The molecule has 0 aliphatic carbocycles. The van der Waals surface area contributed by atoms with Gasteiger partial charge >= 0.3 is 5.97 Å². The number of carbonyl (C=O) groups is 1. The topological polar surface area (TPSA) is 90.1 Å². The van der Waals surface area contributed by atoms with Crippen LogP contribution in [-0.4, -0.2) is 28.9 Å². The quantitative estimate of drug-likeness (QED) is 0.489. The van der Waals surface area contributed by atoms with Gasteiger partial charge in [-0.3, -0.25) is 9.36 Å². The number of aromatic nitrogens is 1. The molecule has 2 heterocycles. The van der Waals surface area contributed by atoms with Gasteiger partial charge in [-0.25, -0.2) is 9.79 Å². The highest BCUT2D eigenvalue weighted by atomic mass is 32.1. The summed E-state index contributed by atoms with van der Waals surface area (Å²) >= 11 is 1.26. The van der Waals surface area contributed by atoms with Crippen molar-refractivity contribution in [2.45, 2.75) is 46.6 Å². The second kappa shape index (κ2) is 10.5. The van der Waals surface area contributed by atoms with Gasteiger partial charge in [0.05, 0.1) is 35.1 Å². The van der Waals surface area contributed by atoms with Gasteiger partial charge in [0.15, 0.2) is 16.3 Å². The molecule has 0 bridgehead atoms. The second-order valence-electron chi connectivity index (χ2n) is 8.78. The maximum atomic E-state index is 13.7. The van der Waals surface area contributed by atoms with Crippen LogP contribution in [-0.2, 0) is 9.53 Å². The Bertz CT molecular complexity index is 1500. The average molecular weight is 507 g/mol. The molecule has 0 spiro atoms. The minimum absolute atomic E-state index is 0.0370. The van der Waals surface area contributed by atoms with E-state index in [4.69, 9.17) is 9.47 Å². The molecule has 2 aromatic carbocycles.